The minimum Gasteiger partial charge on any atom is -0.481 e. The molecule has 9 atom stereocenters. The van der Waals surface area contributed by atoms with Gasteiger partial charge in [0.25, 0.3) is 0 Å². The van der Waals surface area contributed by atoms with Crippen LogP contribution in [0.3, 0.4) is 0 Å². The number of rotatable bonds is 9. The van der Waals surface area contributed by atoms with Crippen LogP contribution >= 0.6 is 0 Å². The molecule has 0 unspecified atom stereocenters. The Morgan fingerprint density at radius 2 is 1.70 bits per heavy atom. The highest BCUT2D eigenvalue weighted by Gasteiger charge is 2.70. The number of carbonyl (C=O) groups is 4. The number of hydrogen-bond donors (Lipinski definition) is 2. The van der Waals surface area contributed by atoms with Crippen LogP contribution in [0.5, 0.6) is 0 Å². The number of esters is 1. The van der Waals surface area contributed by atoms with E-state index in [-0.39, 0.29) is 63.8 Å². The number of carbonyl (C=O) groups excluding carboxylic acids is 3. The van der Waals surface area contributed by atoms with Gasteiger partial charge in [0.2, 0.25) is 5.91 Å². The zero-order valence-corrected chi connectivity index (χ0v) is 33.8. The number of nitrogens with zero attached hydrogens (tertiary/aromatic N) is 2. The fourth-order valence-corrected chi connectivity index (χ4v) is 12.8. The normalized spacial score (nSPS) is 37.0. The van der Waals surface area contributed by atoms with E-state index in [2.05, 4.69) is 69.8 Å². The predicted molar refractivity (Wildman–Crippen MR) is 203 cm³/mol. The molecule has 0 saturated heterocycles. The van der Waals surface area contributed by atoms with E-state index in [0.29, 0.717) is 18.3 Å². The molecule has 9 nitrogen and oxygen atoms in total. The van der Waals surface area contributed by atoms with Gasteiger partial charge < -0.3 is 15.2 Å². The monoisotopic (exact) mass is 729 g/mol. The summed E-state index contributed by atoms with van der Waals surface area (Å²) in [4.78, 5) is 60.4. The zero-order chi connectivity index (χ0) is 38.9. The minimum absolute atomic E-state index is 0.0129. The van der Waals surface area contributed by atoms with Crippen molar-refractivity contribution in [3.05, 3.63) is 47.6 Å². The highest BCUT2D eigenvalue weighted by molar-refractivity contribution is 6.01. The Kier molecular flexibility index (Phi) is 9.97. The maximum Gasteiger partial charge on any atom is 0.309 e. The van der Waals surface area contributed by atoms with Gasteiger partial charge in [-0.15, -0.1) is 0 Å². The summed E-state index contributed by atoms with van der Waals surface area (Å²) in [5, 5.41) is 12.7. The van der Waals surface area contributed by atoms with E-state index >= 15 is 0 Å². The van der Waals surface area contributed by atoms with Crippen LogP contribution in [0.15, 0.2) is 41.9 Å². The molecule has 4 fully saturated rings. The van der Waals surface area contributed by atoms with Gasteiger partial charge in [0.1, 0.15) is 12.4 Å². The predicted octanol–water partition coefficient (Wildman–Crippen LogP) is 8.60. The molecule has 6 rings (SSSR count). The molecule has 0 radical (unpaired) electrons. The Hall–Kier alpha value is -3.36. The number of ether oxygens (including phenoxy) is 1. The van der Waals surface area contributed by atoms with Gasteiger partial charge in [-0.1, -0.05) is 54.5 Å². The fraction of sp³-hybridized carbons (Fsp3) is 0.727. The summed E-state index contributed by atoms with van der Waals surface area (Å²) in [6, 6.07) is 1.54. The first-order chi connectivity index (χ1) is 24.6. The molecular formula is C44H63N3O6. The first kappa shape index (κ1) is 39.3. The molecule has 53 heavy (non-hydrogen) atoms. The second kappa shape index (κ2) is 13.4. The van der Waals surface area contributed by atoms with Crippen molar-refractivity contribution < 1.29 is 29.0 Å². The number of hydrogen-bond acceptors (Lipinski definition) is 7. The Morgan fingerprint density at radius 1 is 0.981 bits per heavy atom. The molecule has 9 heteroatoms. The summed E-state index contributed by atoms with van der Waals surface area (Å²) >= 11 is 0. The number of ketones is 1. The van der Waals surface area contributed by atoms with Gasteiger partial charge in [-0.3, -0.25) is 19.2 Å². The number of aromatic nitrogens is 2. The van der Waals surface area contributed by atoms with Crippen LogP contribution in [0.4, 0.5) is 0 Å². The van der Waals surface area contributed by atoms with Crippen molar-refractivity contribution in [3.8, 4) is 0 Å². The van der Waals surface area contributed by atoms with Gasteiger partial charge in [0, 0.05) is 23.4 Å². The van der Waals surface area contributed by atoms with Crippen molar-refractivity contribution in [3.63, 3.8) is 0 Å². The van der Waals surface area contributed by atoms with E-state index < -0.39 is 22.8 Å². The topological polar surface area (TPSA) is 136 Å². The van der Waals surface area contributed by atoms with E-state index in [1.165, 1.54) is 11.9 Å². The smallest absolute Gasteiger partial charge is 0.309 e. The number of fused-ring (bicyclic) bond motifs is 7. The van der Waals surface area contributed by atoms with Crippen LogP contribution in [-0.2, 0) is 23.9 Å². The quantitative estimate of drug-likeness (QED) is 0.191. The van der Waals surface area contributed by atoms with E-state index in [9.17, 15) is 24.3 Å². The number of nitrogens with one attached hydrogen (secondary N) is 1. The number of carboxylic acids is 1. The standard InChI is InChI=1S/C44H63N3O6/c1-26(2)36-30(48)23-44(19-15-34(49)47-27(3)29-16-22-45-25-46-29)21-20-42(9)28(37(36)44)11-12-32-41(8)17-14-33(53-35(50)24-39(4,5)38(51)52)40(6,7)31(41)13-18-43(32,42)10/h15-16,19,22,25-28,31-33H,11-14,17-18,20-21,23-24H2,1-10H3,(H,47,49)(H,51,52)/b19-15+/t27-,28-,31+,32-,33+,41+,42-,43-,44+/m1/s1. The van der Waals surface area contributed by atoms with Gasteiger partial charge in [-0.2, -0.15) is 0 Å². The molecule has 0 aromatic carbocycles. The Morgan fingerprint density at radius 3 is 2.34 bits per heavy atom. The molecule has 1 aromatic heterocycles. The fourth-order valence-electron chi connectivity index (χ4n) is 12.8. The van der Waals surface area contributed by atoms with Crippen LogP contribution in [0, 0.1) is 56.2 Å². The molecule has 290 valence electrons. The van der Waals surface area contributed by atoms with Crippen molar-refractivity contribution in [1.29, 1.82) is 0 Å². The molecule has 1 amide bonds. The third-order valence-corrected chi connectivity index (χ3v) is 15.8. The second-order valence-corrected chi connectivity index (χ2v) is 19.8. The third kappa shape index (κ3) is 6.30. The summed E-state index contributed by atoms with van der Waals surface area (Å²) in [5.41, 5.74) is 1.28. The Balaban J connectivity index is 1.27. The van der Waals surface area contributed by atoms with E-state index in [1.54, 1.807) is 32.2 Å². The largest absolute Gasteiger partial charge is 0.481 e. The molecule has 0 aliphatic heterocycles. The lowest BCUT2D eigenvalue weighted by atomic mass is 9.33. The van der Waals surface area contributed by atoms with Crippen LogP contribution in [0.2, 0.25) is 0 Å². The summed E-state index contributed by atoms with van der Waals surface area (Å²) in [5.74, 6) is -0.149. The van der Waals surface area contributed by atoms with Crippen molar-refractivity contribution in [2.24, 2.45) is 56.2 Å². The van der Waals surface area contributed by atoms with Crippen molar-refractivity contribution in [2.45, 2.75) is 146 Å². The number of aliphatic carboxylic acids is 1. The number of allylic oxidation sites excluding steroid dienone is 3. The molecule has 1 heterocycles. The Labute approximate surface area is 316 Å². The maximum absolute atomic E-state index is 14.0. The van der Waals surface area contributed by atoms with Crippen LogP contribution in [0.25, 0.3) is 0 Å². The van der Waals surface area contributed by atoms with Crippen molar-refractivity contribution in [2.75, 3.05) is 0 Å². The van der Waals surface area contributed by atoms with Gasteiger partial charge in [0.15, 0.2) is 5.78 Å². The molecule has 4 saturated carbocycles. The highest BCUT2D eigenvalue weighted by atomic mass is 16.5. The summed E-state index contributed by atoms with van der Waals surface area (Å²) in [7, 11) is 0. The van der Waals surface area contributed by atoms with E-state index in [1.807, 2.05) is 6.92 Å². The van der Waals surface area contributed by atoms with Crippen molar-refractivity contribution >= 4 is 23.6 Å². The lowest BCUT2D eigenvalue weighted by Crippen LogP contribution is -2.65. The number of amides is 1. The highest BCUT2D eigenvalue weighted by Crippen LogP contribution is 2.77. The minimum atomic E-state index is -1.17. The van der Waals surface area contributed by atoms with Crippen LogP contribution in [-0.4, -0.2) is 44.8 Å². The van der Waals surface area contributed by atoms with Gasteiger partial charge >= 0.3 is 11.9 Å². The molecule has 5 aliphatic carbocycles. The van der Waals surface area contributed by atoms with E-state index in [4.69, 9.17) is 4.74 Å². The summed E-state index contributed by atoms with van der Waals surface area (Å²) in [6.07, 6.45) is 14.8. The third-order valence-electron chi connectivity index (χ3n) is 15.8. The lowest BCUT2D eigenvalue weighted by Gasteiger charge is -2.72. The number of carboxylic acid groups (broad SMARTS) is 1. The Bertz CT molecular complexity index is 1710. The molecule has 0 bridgehead atoms. The van der Waals surface area contributed by atoms with Gasteiger partial charge in [-0.25, -0.2) is 9.97 Å². The summed E-state index contributed by atoms with van der Waals surface area (Å²) < 4.78 is 6.16. The van der Waals surface area contributed by atoms with E-state index in [0.717, 1.165) is 62.6 Å². The van der Waals surface area contributed by atoms with Gasteiger partial charge in [-0.05, 0) is 135 Å². The average molecular weight is 730 g/mol. The molecule has 2 N–H and O–H groups in total. The first-order valence-corrected chi connectivity index (χ1v) is 20.1. The molecule has 5 aliphatic rings. The average Bonchev–Trinajstić information content (AvgIpc) is 3.38. The van der Waals surface area contributed by atoms with Crippen LogP contribution < -0.4 is 5.32 Å². The summed E-state index contributed by atoms with van der Waals surface area (Å²) in [6.45, 7) is 21.5. The molecule has 0 spiro atoms. The van der Waals surface area contributed by atoms with Crippen molar-refractivity contribution in [1.82, 2.24) is 15.3 Å². The SMILES string of the molecule is CC(C)C1=C2[C@H]3CC[C@@H]4[C@@]5(C)CC[C@H](OC(=O)CC(C)(C)C(=O)O)C(C)(C)[C@@H]5CC[C@@]4(C)[C@]3(C)CC[C@@]2(/C=C/C(=O)N[C@H](C)c2ccncn2)CC1=O. The second-order valence-electron chi connectivity index (χ2n) is 19.8. The molecular weight excluding hydrogens is 666 g/mol. The zero-order valence-electron chi connectivity index (χ0n) is 33.8. The maximum atomic E-state index is 14.0. The first-order valence-electron chi connectivity index (χ1n) is 20.1. The number of Topliss-reactive ketones (excluding diaryl/α,β-unsaturated/α-hetero) is 1. The van der Waals surface area contributed by atoms with Gasteiger partial charge in [0.05, 0.1) is 23.6 Å². The van der Waals surface area contributed by atoms with Crippen LogP contribution in [0.1, 0.15) is 145 Å². The lowest BCUT2D eigenvalue weighted by molar-refractivity contribution is -0.232. The molecule has 1 aromatic rings.